The minimum atomic E-state index is -1.67. The zero-order valence-corrected chi connectivity index (χ0v) is 58.0. The van der Waals surface area contributed by atoms with E-state index >= 15 is 0 Å². The molecule has 1 saturated heterocycles. The summed E-state index contributed by atoms with van der Waals surface area (Å²) < 4.78 is 11.2. The van der Waals surface area contributed by atoms with E-state index in [2.05, 4.69) is 43.5 Å². The molecule has 1 fully saturated rings. The fourth-order valence-corrected chi connectivity index (χ4v) is 12.8. The quantitative estimate of drug-likeness (QED) is 0.0215. The van der Waals surface area contributed by atoms with Crippen molar-refractivity contribution in [1.82, 2.24) is 5.32 Å². The van der Waals surface area contributed by atoms with Crippen LogP contribution in [0.25, 0.3) is 0 Å². The smallest absolute Gasteiger partial charge is 0.249 e. The van der Waals surface area contributed by atoms with E-state index in [0.717, 1.165) is 38.5 Å². The second-order valence-corrected chi connectivity index (χ2v) is 27.4. The molecule has 9 unspecified atom stereocenters. The van der Waals surface area contributed by atoms with Gasteiger partial charge in [-0.15, -0.1) is 0 Å². The van der Waals surface area contributed by atoms with E-state index in [1.165, 1.54) is 315 Å². The molecule has 11 heteroatoms. The van der Waals surface area contributed by atoms with Crippen LogP contribution in [0, 0.1) is 0 Å². The number of amides is 1. The highest BCUT2D eigenvalue weighted by atomic mass is 16.7. The number of allylic oxidation sites excluding steroid dienone is 4. The van der Waals surface area contributed by atoms with Crippen molar-refractivity contribution in [2.24, 2.45) is 0 Å². The molecule has 0 bridgehead atoms. The lowest BCUT2D eigenvalue weighted by molar-refractivity contribution is -0.303. The van der Waals surface area contributed by atoms with Gasteiger partial charge in [0.15, 0.2) is 6.29 Å². The minimum absolute atomic E-state index is 0.258. The van der Waals surface area contributed by atoms with Gasteiger partial charge in [-0.25, -0.2) is 0 Å². The average molecular weight is 1250 g/mol. The molecule has 1 aliphatic heterocycles. The molecule has 0 aromatic carbocycles. The molecule has 0 saturated carbocycles. The van der Waals surface area contributed by atoms with Gasteiger partial charge in [0.2, 0.25) is 5.91 Å². The molecule has 1 rings (SSSR count). The van der Waals surface area contributed by atoms with Gasteiger partial charge in [-0.3, -0.25) is 4.79 Å². The SMILES string of the molecule is CCCCCCCCCCCCCC/C=C\CCCCCCCCCCCCCCCCCCC(O)C(=O)NC(COC1OC(CO)C(O)C(O)C1O)C(O)C(O)CCC/C=C/CCCCCCCCCCCCCCCCCCCCCCCCCC. The normalized spacial score (nSPS) is 18.7. The number of hydrogen-bond donors (Lipinski definition) is 8. The first kappa shape index (κ1) is 84.6. The summed E-state index contributed by atoms with van der Waals surface area (Å²) >= 11 is 0. The van der Waals surface area contributed by atoms with Crippen LogP contribution in [-0.2, 0) is 14.3 Å². The molecule has 0 aromatic heterocycles. The molecule has 522 valence electrons. The Hall–Kier alpha value is -1.41. The lowest BCUT2D eigenvalue weighted by Gasteiger charge is -2.40. The summed E-state index contributed by atoms with van der Waals surface area (Å²) in [6, 6.07) is -1.19. The van der Waals surface area contributed by atoms with Gasteiger partial charge in [-0.05, 0) is 64.2 Å². The second kappa shape index (κ2) is 65.6. The Labute approximate surface area is 544 Å². The van der Waals surface area contributed by atoms with Crippen LogP contribution in [0.2, 0.25) is 0 Å². The van der Waals surface area contributed by atoms with Crippen molar-refractivity contribution in [1.29, 1.82) is 0 Å². The topological polar surface area (TPSA) is 189 Å². The lowest BCUT2D eigenvalue weighted by Crippen LogP contribution is -2.60. The number of aliphatic hydroxyl groups is 7. The molecule has 0 spiro atoms. The minimum Gasteiger partial charge on any atom is -0.394 e. The van der Waals surface area contributed by atoms with Gasteiger partial charge in [0, 0.05) is 0 Å². The van der Waals surface area contributed by atoms with Crippen LogP contribution in [0.1, 0.15) is 393 Å². The summed E-state index contributed by atoms with van der Waals surface area (Å²) in [6.45, 7) is 3.51. The van der Waals surface area contributed by atoms with E-state index in [4.69, 9.17) is 9.47 Å². The van der Waals surface area contributed by atoms with Gasteiger partial charge < -0.3 is 50.5 Å². The highest BCUT2D eigenvalue weighted by Crippen LogP contribution is 2.24. The molecule has 88 heavy (non-hydrogen) atoms. The first-order valence-electron chi connectivity index (χ1n) is 38.7. The van der Waals surface area contributed by atoms with Crippen molar-refractivity contribution < 1.29 is 50.0 Å². The van der Waals surface area contributed by atoms with Crippen LogP contribution in [-0.4, -0.2) is 110 Å². The first-order valence-corrected chi connectivity index (χ1v) is 38.7. The summed E-state index contributed by atoms with van der Waals surface area (Å²) in [7, 11) is 0. The lowest BCUT2D eigenvalue weighted by atomic mass is 9.98. The summed E-state index contributed by atoms with van der Waals surface area (Å²) in [5.74, 6) is -0.698. The van der Waals surface area contributed by atoms with Crippen LogP contribution in [0.5, 0.6) is 0 Å². The molecule has 0 aliphatic carbocycles. The fraction of sp³-hybridized carbons (Fsp3) is 0.935. The summed E-state index contributed by atoms with van der Waals surface area (Å²) in [5, 5.41) is 76.6. The molecular formula is C77H149NO10. The molecule has 1 amide bonds. The maximum Gasteiger partial charge on any atom is 0.249 e. The predicted molar refractivity (Wildman–Crippen MR) is 372 cm³/mol. The van der Waals surface area contributed by atoms with E-state index in [1.54, 1.807) is 0 Å². The summed E-state index contributed by atoms with van der Waals surface area (Å²) in [5.41, 5.74) is 0. The van der Waals surface area contributed by atoms with Crippen LogP contribution >= 0.6 is 0 Å². The summed E-state index contributed by atoms with van der Waals surface area (Å²) in [4.78, 5) is 13.3. The molecule has 9 atom stereocenters. The maximum atomic E-state index is 13.3. The van der Waals surface area contributed by atoms with Gasteiger partial charge in [0.1, 0.15) is 36.6 Å². The summed E-state index contributed by atoms with van der Waals surface area (Å²) in [6.07, 6.45) is 72.9. The Morgan fingerprint density at radius 1 is 0.386 bits per heavy atom. The Kier molecular flexibility index (Phi) is 63.1. The van der Waals surface area contributed by atoms with Crippen molar-refractivity contribution in [2.45, 2.75) is 448 Å². The van der Waals surface area contributed by atoms with Crippen LogP contribution < -0.4 is 5.32 Å². The third kappa shape index (κ3) is 52.0. The number of nitrogens with one attached hydrogen (secondary N) is 1. The van der Waals surface area contributed by atoms with Crippen LogP contribution in [0.4, 0.5) is 0 Å². The maximum absolute atomic E-state index is 13.3. The Morgan fingerprint density at radius 2 is 0.670 bits per heavy atom. The monoisotopic (exact) mass is 1250 g/mol. The third-order valence-electron chi connectivity index (χ3n) is 19.0. The number of rotatable bonds is 69. The first-order chi connectivity index (χ1) is 43.2. The van der Waals surface area contributed by atoms with Crippen molar-refractivity contribution in [3.8, 4) is 0 Å². The highest BCUT2D eigenvalue weighted by molar-refractivity contribution is 5.80. The van der Waals surface area contributed by atoms with Gasteiger partial charge >= 0.3 is 0 Å². The van der Waals surface area contributed by atoms with E-state index in [0.29, 0.717) is 12.8 Å². The third-order valence-corrected chi connectivity index (χ3v) is 19.0. The number of aliphatic hydroxyl groups excluding tert-OH is 7. The zero-order chi connectivity index (χ0) is 63.9. The van der Waals surface area contributed by atoms with Crippen LogP contribution in [0.3, 0.4) is 0 Å². The van der Waals surface area contributed by atoms with E-state index < -0.39 is 74.2 Å². The predicted octanol–water partition coefficient (Wildman–Crippen LogP) is 19.5. The highest BCUT2D eigenvalue weighted by Gasteiger charge is 2.44. The van der Waals surface area contributed by atoms with E-state index in [-0.39, 0.29) is 12.8 Å². The Morgan fingerprint density at radius 3 is 0.977 bits per heavy atom. The fourth-order valence-electron chi connectivity index (χ4n) is 12.8. The number of carbonyl (C=O) groups is 1. The molecule has 11 nitrogen and oxygen atoms in total. The number of unbranched alkanes of at least 4 members (excludes halogenated alkanes) is 53. The Bertz CT molecular complexity index is 1480. The van der Waals surface area contributed by atoms with Gasteiger partial charge in [-0.1, -0.05) is 353 Å². The van der Waals surface area contributed by atoms with Crippen molar-refractivity contribution >= 4 is 5.91 Å². The molecule has 1 aliphatic rings. The van der Waals surface area contributed by atoms with Gasteiger partial charge in [-0.2, -0.15) is 0 Å². The van der Waals surface area contributed by atoms with E-state index in [1.807, 2.05) is 0 Å². The molecule has 8 N–H and O–H groups in total. The average Bonchev–Trinajstić information content (AvgIpc) is 3.73. The standard InChI is InChI=1S/C77H149NO10/c1-3-5-7-9-11-13-15-17-19-21-23-25-27-29-31-33-34-35-37-39-41-43-45-47-49-51-53-55-57-59-61-63-65-70(81)76(86)78-68(67-87-77-75(85)74(84)73(83)71(66-79)88-77)72(82)69(80)64-62-60-58-56-54-52-50-48-46-44-42-40-38-36-32-30-28-26-24-22-20-18-16-14-12-10-8-6-4-2/h29,31,56,58,68-75,77,79-85H,3-28,30,32-55,57,59-67H2,1-2H3,(H,78,86)/b31-29-,58-56+. The molecule has 0 radical (unpaired) electrons. The van der Waals surface area contributed by atoms with Crippen molar-refractivity contribution in [3.63, 3.8) is 0 Å². The van der Waals surface area contributed by atoms with Gasteiger partial charge in [0.05, 0.1) is 25.4 Å². The number of carbonyl (C=O) groups excluding carboxylic acids is 1. The van der Waals surface area contributed by atoms with Gasteiger partial charge in [0.25, 0.3) is 0 Å². The van der Waals surface area contributed by atoms with Crippen molar-refractivity contribution in [2.75, 3.05) is 13.2 Å². The molecule has 0 aromatic rings. The number of hydrogen-bond acceptors (Lipinski definition) is 10. The van der Waals surface area contributed by atoms with Crippen molar-refractivity contribution in [3.05, 3.63) is 24.3 Å². The number of ether oxygens (including phenoxy) is 2. The zero-order valence-electron chi connectivity index (χ0n) is 58.0. The van der Waals surface area contributed by atoms with E-state index in [9.17, 15) is 40.5 Å². The molecule has 1 heterocycles. The van der Waals surface area contributed by atoms with Crippen LogP contribution in [0.15, 0.2) is 24.3 Å². The molecular weight excluding hydrogens is 1100 g/mol. The largest absolute Gasteiger partial charge is 0.394 e. The Balaban J connectivity index is 2.16. The second-order valence-electron chi connectivity index (χ2n) is 27.4.